The number of halogens is 1. The number of methoxy groups -OCH3 is 1. The molecule has 7 heteroatoms. The highest BCUT2D eigenvalue weighted by Gasteiger charge is 2.16. The first kappa shape index (κ1) is 19.9. The Bertz CT molecular complexity index is 1160. The first-order chi connectivity index (χ1) is 14.5. The van der Waals surface area contributed by atoms with Gasteiger partial charge in [-0.05, 0) is 49.7 Å². The molecule has 0 saturated carbocycles. The second kappa shape index (κ2) is 8.55. The molecule has 0 spiro atoms. The molecule has 3 aromatic heterocycles. The highest BCUT2D eigenvalue weighted by Crippen LogP contribution is 2.35. The number of nitrogens with zero attached hydrogens (tertiary/aromatic N) is 3. The number of imidazole rings is 1. The number of pyridine rings is 2. The quantitative estimate of drug-likeness (QED) is 0.423. The fraction of sp³-hybridized carbons (Fsp3) is 0.174. The van der Waals surface area contributed by atoms with Crippen LogP contribution in [0.2, 0.25) is 5.15 Å². The average molecular weight is 421 g/mol. The van der Waals surface area contributed by atoms with Gasteiger partial charge in [0.25, 0.3) is 0 Å². The molecule has 0 aliphatic heterocycles. The standard InChI is InChI=1S/C23H21ClN4O2/c1-14-4-6-17(25-11-14)13-30-18-7-8-19(20(10-18)29-3)22-15(2)27-23(28-22)16-5-9-21(24)26-12-16/h4-12H,13H2,1-3H3,(H,27,28). The summed E-state index contributed by atoms with van der Waals surface area (Å²) in [5.41, 5.74) is 5.46. The van der Waals surface area contributed by atoms with Crippen molar-refractivity contribution >= 4 is 11.6 Å². The Balaban J connectivity index is 1.58. The Labute approximate surface area is 179 Å². The van der Waals surface area contributed by atoms with E-state index in [0.29, 0.717) is 23.3 Å². The lowest BCUT2D eigenvalue weighted by atomic mass is 10.1. The molecule has 152 valence electrons. The maximum atomic E-state index is 5.89. The van der Waals surface area contributed by atoms with Gasteiger partial charge in [0.15, 0.2) is 0 Å². The summed E-state index contributed by atoms with van der Waals surface area (Å²) in [7, 11) is 1.64. The van der Waals surface area contributed by atoms with Crippen molar-refractivity contribution in [3.63, 3.8) is 0 Å². The van der Waals surface area contributed by atoms with Crippen molar-refractivity contribution in [2.45, 2.75) is 20.5 Å². The molecule has 0 aliphatic carbocycles. The second-order valence-corrected chi connectivity index (χ2v) is 7.29. The minimum Gasteiger partial charge on any atom is -0.496 e. The van der Waals surface area contributed by atoms with E-state index in [2.05, 4.69) is 15.0 Å². The molecule has 4 rings (SSSR count). The van der Waals surface area contributed by atoms with Crippen LogP contribution in [0.5, 0.6) is 11.5 Å². The number of hydrogen-bond donors (Lipinski definition) is 1. The average Bonchev–Trinajstić information content (AvgIpc) is 3.15. The number of H-pyrrole nitrogens is 1. The number of aromatic amines is 1. The molecule has 6 nitrogen and oxygen atoms in total. The van der Waals surface area contributed by atoms with Crippen molar-refractivity contribution < 1.29 is 9.47 Å². The monoisotopic (exact) mass is 420 g/mol. The van der Waals surface area contributed by atoms with E-state index in [1.165, 1.54) is 0 Å². The van der Waals surface area contributed by atoms with Gasteiger partial charge in [0.1, 0.15) is 29.1 Å². The first-order valence-corrected chi connectivity index (χ1v) is 9.82. The molecular weight excluding hydrogens is 400 g/mol. The smallest absolute Gasteiger partial charge is 0.139 e. The minimum atomic E-state index is 0.387. The summed E-state index contributed by atoms with van der Waals surface area (Å²) in [6.07, 6.45) is 3.52. The Hall–Kier alpha value is -3.38. The first-order valence-electron chi connectivity index (χ1n) is 9.45. The van der Waals surface area contributed by atoms with E-state index < -0.39 is 0 Å². The van der Waals surface area contributed by atoms with Crippen LogP contribution in [0.25, 0.3) is 22.6 Å². The van der Waals surface area contributed by atoms with Gasteiger partial charge < -0.3 is 14.5 Å². The molecule has 1 N–H and O–H groups in total. The normalized spacial score (nSPS) is 10.8. The van der Waals surface area contributed by atoms with Crippen LogP contribution in [-0.4, -0.2) is 27.0 Å². The second-order valence-electron chi connectivity index (χ2n) is 6.91. The maximum Gasteiger partial charge on any atom is 0.139 e. The third-order valence-electron chi connectivity index (χ3n) is 4.67. The molecule has 4 aromatic rings. The summed E-state index contributed by atoms with van der Waals surface area (Å²) in [5, 5.41) is 0.445. The van der Waals surface area contributed by atoms with Crippen molar-refractivity contribution in [3.05, 3.63) is 77.0 Å². The predicted molar refractivity (Wildman–Crippen MR) is 117 cm³/mol. The Morgan fingerprint density at radius 2 is 1.87 bits per heavy atom. The van der Waals surface area contributed by atoms with E-state index >= 15 is 0 Å². The molecule has 0 saturated heterocycles. The molecule has 0 radical (unpaired) electrons. The van der Waals surface area contributed by atoms with E-state index in [1.54, 1.807) is 19.4 Å². The van der Waals surface area contributed by atoms with E-state index in [1.807, 2.05) is 56.4 Å². The summed E-state index contributed by atoms with van der Waals surface area (Å²) >= 11 is 5.88. The predicted octanol–water partition coefficient (Wildman–Crippen LogP) is 5.39. The van der Waals surface area contributed by atoms with Gasteiger partial charge in [-0.15, -0.1) is 0 Å². The van der Waals surface area contributed by atoms with Gasteiger partial charge in [-0.25, -0.2) is 9.97 Å². The highest BCUT2D eigenvalue weighted by molar-refractivity contribution is 6.29. The third-order valence-corrected chi connectivity index (χ3v) is 4.90. The lowest BCUT2D eigenvalue weighted by Crippen LogP contribution is -1.99. The van der Waals surface area contributed by atoms with Gasteiger partial charge in [0, 0.05) is 35.3 Å². The van der Waals surface area contributed by atoms with Crippen LogP contribution in [-0.2, 0) is 6.61 Å². The Kier molecular flexibility index (Phi) is 5.68. The number of hydrogen-bond acceptors (Lipinski definition) is 5. The molecule has 0 unspecified atom stereocenters. The van der Waals surface area contributed by atoms with Crippen molar-refractivity contribution in [1.82, 2.24) is 19.9 Å². The molecule has 0 aliphatic rings. The van der Waals surface area contributed by atoms with Crippen molar-refractivity contribution in [1.29, 1.82) is 0 Å². The molecule has 30 heavy (non-hydrogen) atoms. The SMILES string of the molecule is COc1cc(OCc2ccc(C)cn2)ccc1-c1nc(-c2ccc(Cl)nc2)[nH]c1C. The van der Waals surface area contributed by atoms with Gasteiger partial charge in [-0.1, -0.05) is 17.7 Å². The highest BCUT2D eigenvalue weighted by atomic mass is 35.5. The van der Waals surface area contributed by atoms with Crippen LogP contribution in [0.3, 0.4) is 0 Å². The molecule has 0 atom stereocenters. The lowest BCUT2D eigenvalue weighted by molar-refractivity contribution is 0.299. The van der Waals surface area contributed by atoms with Gasteiger partial charge >= 0.3 is 0 Å². The molecular formula is C23H21ClN4O2. The van der Waals surface area contributed by atoms with Crippen LogP contribution in [0.15, 0.2) is 54.9 Å². The number of nitrogens with one attached hydrogen (secondary N) is 1. The zero-order valence-electron chi connectivity index (χ0n) is 16.9. The van der Waals surface area contributed by atoms with E-state index in [9.17, 15) is 0 Å². The summed E-state index contributed by atoms with van der Waals surface area (Å²) < 4.78 is 11.5. The third kappa shape index (κ3) is 4.28. The van der Waals surface area contributed by atoms with E-state index in [0.717, 1.165) is 39.6 Å². The number of benzene rings is 1. The van der Waals surface area contributed by atoms with Crippen LogP contribution < -0.4 is 9.47 Å². The summed E-state index contributed by atoms with van der Waals surface area (Å²) in [6.45, 7) is 4.37. The maximum absolute atomic E-state index is 5.89. The minimum absolute atomic E-state index is 0.387. The number of ether oxygens (including phenoxy) is 2. The summed E-state index contributed by atoms with van der Waals surface area (Å²) in [6, 6.07) is 13.3. The zero-order chi connectivity index (χ0) is 21.1. The fourth-order valence-electron chi connectivity index (χ4n) is 3.07. The largest absolute Gasteiger partial charge is 0.496 e. The number of rotatable bonds is 6. The topological polar surface area (TPSA) is 72.9 Å². The molecule has 0 bridgehead atoms. The van der Waals surface area contributed by atoms with Crippen molar-refractivity contribution in [3.8, 4) is 34.1 Å². The van der Waals surface area contributed by atoms with E-state index in [-0.39, 0.29) is 0 Å². The molecule has 3 heterocycles. The van der Waals surface area contributed by atoms with Gasteiger partial charge in [0.2, 0.25) is 0 Å². The Morgan fingerprint density at radius 1 is 1.00 bits per heavy atom. The summed E-state index contributed by atoms with van der Waals surface area (Å²) in [5.74, 6) is 2.10. The van der Waals surface area contributed by atoms with Gasteiger partial charge in [-0.3, -0.25) is 4.98 Å². The lowest BCUT2D eigenvalue weighted by Gasteiger charge is -2.11. The number of aromatic nitrogens is 4. The Morgan fingerprint density at radius 3 is 2.57 bits per heavy atom. The van der Waals surface area contributed by atoms with Crippen LogP contribution in [0, 0.1) is 13.8 Å². The van der Waals surface area contributed by atoms with Crippen molar-refractivity contribution in [2.24, 2.45) is 0 Å². The molecule has 0 fully saturated rings. The van der Waals surface area contributed by atoms with E-state index in [4.69, 9.17) is 26.1 Å². The molecule has 0 amide bonds. The summed E-state index contributed by atoms with van der Waals surface area (Å²) in [4.78, 5) is 16.5. The zero-order valence-corrected chi connectivity index (χ0v) is 17.7. The fourth-order valence-corrected chi connectivity index (χ4v) is 3.19. The van der Waals surface area contributed by atoms with Crippen LogP contribution >= 0.6 is 11.6 Å². The number of aryl methyl sites for hydroxylation is 2. The molecule has 1 aromatic carbocycles. The van der Waals surface area contributed by atoms with Crippen LogP contribution in [0.4, 0.5) is 0 Å². The van der Waals surface area contributed by atoms with Gasteiger partial charge in [0.05, 0.1) is 18.5 Å². The van der Waals surface area contributed by atoms with Gasteiger partial charge in [-0.2, -0.15) is 0 Å². The van der Waals surface area contributed by atoms with Crippen LogP contribution in [0.1, 0.15) is 17.0 Å². The van der Waals surface area contributed by atoms with Crippen molar-refractivity contribution in [2.75, 3.05) is 7.11 Å².